The maximum atomic E-state index is 11.4. The highest BCUT2D eigenvalue weighted by Crippen LogP contribution is 2.41. The van der Waals surface area contributed by atoms with Gasteiger partial charge in [0.05, 0.1) is 32.0 Å². The number of ether oxygens (including phenoxy) is 3. The van der Waals surface area contributed by atoms with Gasteiger partial charge in [-0.05, 0) is 57.3 Å². The molecule has 0 spiro atoms. The van der Waals surface area contributed by atoms with Crippen LogP contribution >= 0.6 is 0 Å². The Bertz CT molecular complexity index is 542. The van der Waals surface area contributed by atoms with Crippen molar-refractivity contribution >= 4 is 5.97 Å². The van der Waals surface area contributed by atoms with Crippen molar-refractivity contribution in [1.29, 1.82) is 0 Å². The molecule has 0 aromatic heterocycles. The first-order valence-corrected chi connectivity index (χ1v) is 13.0. The summed E-state index contributed by atoms with van der Waals surface area (Å²) < 4.78 is 17.0. The zero-order valence-electron chi connectivity index (χ0n) is 20.3. The van der Waals surface area contributed by atoms with E-state index in [4.69, 9.17) is 14.2 Å². The van der Waals surface area contributed by atoms with E-state index in [1.54, 1.807) is 0 Å². The van der Waals surface area contributed by atoms with Gasteiger partial charge in [-0.25, -0.2) is 0 Å². The van der Waals surface area contributed by atoms with Crippen molar-refractivity contribution in [3.05, 3.63) is 12.2 Å². The minimum absolute atomic E-state index is 0.0503. The van der Waals surface area contributed by atoms with Crippen LogP contribution in [0.2, 0.25) is 0 Å². The first kappa shape index (κ1) is 27.3. The maximum Gasteiger partial charge on any atom is 0.305 e. The monoisotopic (exact) mass is 454 g/mol. The van der Waals surface area contributed by atoms with Crippen LogP contribution in [-0.2, 0) is 19.0 Å². The van der Waals surface area contributed by atoms with Crippen molar-refractivity contribution in [3.8, 4) is 0 Å². The lowest BCUT2D eigenvalue weighted by atomic mass is 9.85. The van der Waals surface area contributed by atoms with Crippen LogP contribution < -0.4 is 0 Å². The van der Waals surface area contributed by atoms with Crippen LogP contribution in [-0.4, -0.2) is 54.0 Å². The normalized spacial score (nSPS) is 27.4. The molecule has 1 aliphatic carbocycles. The van der Waals surface area contributed by atoms with E-state index in [1.165, 1.54) is 25.7 Å². The van der Waals surface area contributed by atoms with Gasteiger partial charge in [0, 0.05) is 19.3 Å². The van der Waals surface area contributed by atoms with E-state index < -0.39 is 18.0 Å². The van der Waals surface area contributed by atoms with E-state index in [9.17, 15) is 15.0 Å². The van der Waals surface area contributed by atoms with Gasteiger partial charge >= 0.3 is 5.97 Å². The highest BCUT2D eigenvalue weighted by atomic mass is 16.7. The summed E-state index contributed by atoms with van der Waals surface area (Å²) in [5, 5.41) is 21.1. The molecule has 2 fully saturated rings. The third kappa shape index (κ3) is 9.12. The third-order valence-electron chi connectivity index (χ3n) is 6.99. The number of rotatable bonds is 16. The fourth-order valence-corrected chi connectivity index (χ4v) is 5.17. The predicted octanol–water partition coefficient (Wildman–Crippen LogP) is 4.91. The Morgan fingerprint density at radius 1 is 0.969 bits per heavy atom. The minimum Gasteiger partial charge on any atom is -0.466 e. The van der Waals surface area contributed by atoms with Gasteiger partial charge < -0.3 is 24.4 Å². The van der Waals surface area contributed by atoms with Gasteiger partial charge in [0.1, 0.15) is 0 Å². The molecule has 6 heteroatoms. The number of carbonyl (C=O) groups is 1. The summed E-state index contributed by atoms with van der Waals surface area (Å²) in [6.07, 6.45) is 15.0. The molecule has 1 heterocycles. The molecular formula is C26H46O6. The zero-order chi connectivity index (χ0) is 23.2. The second-order valence-electron chi connectivity index (χ2n) is 9.41. The molecule has 2 unspecified atom stereocenters. The fourth-order valence-electron chi connectivity index (χ4n) is 5.17. The molecule has 0 radical (unpaired) electrons. The number of allylic oxidation sites excluding steroid dienone is 2. The van der Waals surface area contributed by atoms with Crippen molar-refractivity contribution in [3.63, 3.8) is 0 Å². The fraction of sp³-hybridized carbons (Fsp3) is 0.885. The lowest BCUT2D eigenvalue weighted by molar-refractivity contribution is -0.171. The molecule has 4 atom stereocenters. The van der Waals surface area contributed by atoms with Crippen LogP contribution in [0.5, 0.6) is 0 Å². The second kappa shape index (κ2) is 15.0. The molecule has 32 heavy (non-hydrogen) atoms. The first-order valence-electron chi connectivity index (χ1n) is 13.0. The Balaban J connectivity index is 1.79. The molecule has 2 rings (SSSR count). The third-order valence-corrected chi connectivity index (χ3v) is 6.99. The summed E-state index contributed by atoms with van der Waals surface area (Å²) in [5.74, 6) is -0.549. The van der Waals surface area contributed by atoms with Gasteiger partial charge in [-0.1, -0.05) is 44.8 Å². The van der Waals surface area contributed by atoms with Gasteiger partial charge in [-0.3, -0.25) is 4.79 Å². The second-order valence-corrected chi connectivity index (χ2v) is 9.41. The summed E-state index contributed by atoms with van der Waals surface area (Å²) in [6, 6.07) is 0. The quantitative estimate of drug-likeness (QED) is 0.196. The molecule has 2 N–H and O–H groups in total. The van der Waals surface area contributed by atoms with Gasteiger partial charge in [0.25, 0.3) is 0 Å². The summed E-state index contributed by atoms with van der Waals surface area (Å²) in [6.45, 7) is 5.75. The molecule has 1 saturated heterocycles. The summed E-state index contributed by atoms with van der Waals surface area (Å²) in [4.78, 5) is 11.4. The molecular weight excluding hydrogens is 408 g/mol. The molecule has 1 aliphatic heterocycles. The lowest BCUT2D eigenvalue weighted by Gasteiger charge is -2.31. The van der Waals surface area contributed by atoms with E-state index in [-0.39, 0.29) is 17.8 Å². The van der Waals surface area contributed by atoms with Gasteiger partial charge in [-0.15, -0.1) is 0 Å². The summed E-state index contributed by atoms with van der Waals surface area (Å²) >= 11 is 0. The molecule has 0 bridgehead atoms. The van der Waals surface area contributed by atoms with Crippen molar-refractivity contribution in [2.75, 3.05) is 19.8 Å². The van der Waals surface area contributed by atoms with E-state index in [2.05, 4.69) is 19.1 Å². The smallest absolute Gasteiger partial charge is 0.305 e. The summed E-state index contributed by atoms with van der Waals surface area (Å²) in [5.41, 5.74) is 0. The Morgan fingerprint density at radius 2 is 1.69 bits per heavy atom. The van der Waals surface area contributed by atoms with Crippen molar-refractivity contribution in [1.82, 2.24) is 0 Å². The minimum atomic E-state index is -0.507. The highest BCUT2D eigenvalue weighted by molar-refractivity contribution is 5.69. The number of hydrogen-bond acceptors (Lipinski definition) is 6. The number of esters is 1. The number of aliphatic hydroxyl groups excluding tert-OH is 2. The van der Waals surface area contributed by atoms with E-state index in [1.807, 2.05) is 6.92 Å². The van der Waals surface area contributed by atoms with Crippen molar-refractivity contribution < 1.29 is 29.2 Å². The number of unbranched alkanes of at least 4 members (excludes halogenated alkanes) is 5. The van der Waals surface area contributed by atoms with Crippen LogP contribution in [0.4, 0.5) is 0 Å². The molecule has 0 aromatic carbocycles. The Kier molecular flexibility index (Phi) is 12.8. The molecule has 186 valence electrons. The Labute approximate surface area is 194 Å². The number of aliphatic hydroxyl groups is 2. The molecule has 0 aromatic rings. The van der Waals surface area contributed by atoms with Gasteiger partial charge in [0.15, 0.2) is 5.79 Å². The van der Waals surface area contributed by atoms with E-state index in [0.29, 0.717) is 32.7 Å². The van der Waals surface area contributed by atoms with Crippen LogP contribution in [0, 0.1) is 11.8 Å². The predicted molar refractivity (Wildman–Crippen MR) is 125 cm³/mol. The molecule has 2 aliphatic rings. The number of hydrogen-bond donors (Lipinski definition) is 2. The van der Waals surface area contributed by atoms with Crippen LogP contribution in [0.1, 0.15) is 97.3 Å². The lowest BCUT2D eigenvalue weighted by Crippen LogP contribution is -2.33. The van der Waals surface area contributed by atoms with Crippen LogP contribution in [0.15, 0.2) is 12.2 Å². The SMILES string of the molecule is CCCCCCCC1(CC[C@@H]2C(C/C=C\CCCC(=O)OCC)C(O)C[C@H]2O)OCCO1. The average Bonchev–Trinajstić information content (AvgIpc) is 3.33. The van der Waals surface area contributed by atoms with Crippen LogP contribution in [0.25, 0.3) is 0 Å². The molecule has 6 nitrogen and oxygen atoms in total. The number of carbonyl (C=O) groups excluding carboxylic acids is 1. The highest BCUT2D eigenvalue weighted by Gasteiger charge is 2.43. The van der Waals surface area contributed by atoms with Crippen molar-refractivity contribution in [2.24, 2.45) is 11.8 Å². The standard InChI is InChI=1S/C26H46O6/c1-3-5-6-9-12-16-26(31-18-19-32-26)17-15-22-21(23(27)20-24(22)28)13-10-7-8-11-14-25(29)30-4-2/h7,10,21-24,27-28H,3-6,8-9,11-20H2,1-2H3/b10-7-/t21?,22-,23?,24-/m1/s1. The zero-order valence-corrected chi connectivity index (χ0v) is 20.3. The van der Waals surface area contributed by atoms with E-state index >= 15 is 0 Å². The van der Waals surface area contributed by atoms with Crippen LogP contribution in [0.3, 0.4) is 0 Å². The summed E-state index contributed by atoms with van der Waals surface area (Å²) in [7, 11) is 0. The largest absolute Gasteiger partial charge is 0.466 e. The first-order chi connectivity index (χ1) is 15.5. The topological polar surface area (TPSA) is 85.2 Å². The van der Waals surface area contributed by atoms with Crippen molar-refractivity contribution in [2.45, 2.75) is 115 Å². The van der Waals surface area contributed by atoms with Gasteiger partial charge in [-0.2, -0.15) is 0 Å². The maximum absolute atomic E-state index is 11.4. The van der Waals surface area contributed by atoms with E-state index in [0.717, 1.165) is 44.9 Å². The average molecular weight is 455 g/mol. The van der Waals surface area contributed by atoms with Gasteiger partial charge in [0.2, 0.25) is 0 Å². The molecule has 0 amide bonds. The molecule has 1 saturated carbocycles. The Morgan fingerprint density at radius 3 is 2.41 bits per heavy atom. The Hall–Kier alpha value is -0.950.